The van der Waals surface area contributed by atoms with E-state index in [4.69, 9.17) is 10.2 Å². The first-order valence-electron chi connectivity index (χ1n) is 8.37. The summed E-state index contributed by atoms with van der Waals surface area (Å²) >= 11 is 0. The summed E-state index contributed by atoms with van der Waals surface area (Å²) in [7, 11) is 1.86. The average molecular weight is 384 g/mol. The summed E-state index contributed by atoms with van der Waals surface area (Å²) in [6.45, 7) is 1.96. The lowest BCUT2D eigenvalue weighted by atomic mass is 10.1. The Morgan fingerprint density at radius 1 is 1.14 bits per heavy atom. The van der Waals surface area contributed by atoms with Gasteiger partial charge in [0.15, 0.2) is 5.78 Å². The summed E-state index contributed by atoms with van der Waals surface area (Å²) in [5.41, 5.74) is 3.49. The van der Waals surface area contributed by atoms with Crippen molar-refractivity contribution in [2.24, 2.45) is 7.05 Å². The third kappa shape index (κ3) is 5.37. The molecule has 0 saturated carbocycles. The first-order chi connectivity index (χ1) is 13.3. The van der Waals surface area contributed by atoms with Crippen LogP contribution in [0.1, 0.15) is 28.3 Å². The van der Waals surface area contributed by atoms with Crippen molar-refractivity contribution in [2.75, 3.05) is 0 Å². The Hall–Kier alpha value is -3.75. The van der Waals surface area contributed by atoms with Crippen molar-refractivity contribution < 1.29 is 24.6 Å². The summed E-state index contributed by atoms with van der Waals surface area (Å²) in [4.78, 5) is 38.7. The second-order valence-electron chi connectivity index (χ2n) is 5.90. The Bertz CT molecular complexity index is 1020. The molecule has 3 N–H and O–H groups in total. The van der Waals surface area contributed by atoms with Crippen molar-refractivity contribution >= 4 is 28.6 Å². The van der Waals surface area contributed by atoms with Gasteiger partial charge in [-0.3, -0.25) is 9.48 Å². The lowest BCUT2D eigenvalue weighted by molar-refractivity contribution is -0.134. The van der Waals surface area contributed by atoms with Crippen LogP contribution in [0.25, 0.3) is 10.9 Å². The zero-order chi connectivity index (χ0) is 20.7. The lowest BCUT2D eigenvalue weighted by Gasteiger charge is -1.98. The number of fused-ring (bicyclic) bond motifs is 1. The van der Waals surface area contributed by atoms with E-state index in [1.807, 2.05) is 38.2 Å². The maximum atomic E-state index is 12.4. The number of aryl methyl sites for hydroxylation is 3. The molecule has 2 aromatic heterocycles. The van der Waals surface area contributed by atoms with Gasteiger partial charge < -0.3 is 15.2 Å². The van der Waals surface area contributed by atoms with Crippen LogP contribution in [0.3, 0.4) is 0 Å². The van der Waals surface area contributed by atoms with E-state index in [9.17, 15) is 14.4 Å². The van der Waals surface area contributed by atoms with Gasteiger partial charge in [0, 0.05) is 36.7 Å². The standard InChI is InChI=1S/C15H16N4O.C4H4O4/c1-10-12(17-9-16-10)7-8-14(20)15-11-5-3-4-6-13(11)19(2)18-15;5-3(6)1-2-4(7)8/h3-6,9H,7-8H2,1-2H3,(H,16,17);1-2H,(H,5,6)(H,7,8). The molecule has 0 radical (unpaired) electrons. The van der Waals surface area contributed by atoms with Crippen molar-refractivity contribution in [2.45, 2.75) is 19.8 Å². The number of carbonyl (C=O) groups is 3. The second-order valence-corrected chi connectivity index (χ2v) is 5.90. The van der Waals surface area contributed by atoms with Crippen molar-refractivity contribution in [1.29, 1.82) is 0 Å². The molecule has 0 aliphatic heterocycles. The number of aromatic amines is 1. The number of H-pyrrole nitrogens is 1. The number of aromatic nitrogens is 4. The first-order valence-corrected chi connectivity index (χ1v) is 8.37. The van der Waals surface area contributed by atoms with Crippen LogP contribution < -0.4 is 0 Å². The van der Waals surface area contributed by atoms with E-state index in [-0.39, 0.29) is 5.78 Å². The van der Waals surface area contributed by atoms with E-state index in [1.165, 1.54) is 0 Å². The van der Waals surface area contributed by atoms with Crippen molar-refractivity contribution in [3.05, 3.63) is 59.8 Å². The van der Waals surface area contributed by atoms with Gasteiger partial charge in [-0.1, -0.05) is 18.2 Å². The molecule has 0 bridgehead atoms. The van der Waals surface area contributed by atoms with Gasteiger partial charge in [-0.2, -0.15) is 5.10 Å². The molecule has 0 spiro atoms. The number of nitrogens with zero attached hydrogens (tertiary/aromatic N) is 3. The number of carboxylic acid groups (broad SMARTS) is 2. The highest BCUT2D eigenvalue weighted by atomic mass is 16.4. The Labute approximate surface area is 160 Å². The van der Waals surface area contributed by atoms with Crippen LogP contribution in [0, 0.1) is 6.92 Å². The van der Waals surface area contributed by atoms with Crippen molar-refractivity contribution in [3.8, 4) is 0 Å². The molecule has 0 aliphatic rings. The van der Waals surface area contributed by atoms with Crippen LogP contribution in [0.5, 0.6) is 0 Å². The second kappa shape index (κ2) is 9.26. The largest absolute Gasteiger partial charge is 0.478 e. The normalized spacial score (nSPS) is 10.6. The van der Waals surface area contributed by atoms with E-state index in [2.05, 4.69) is 15.1 Å². The van der Waals surface area contributed by atoms with Gasteiger partial charge in [0.05, 0.1) is 17.5 Å². The molecule has 1 aromatic carbocycles. The lowest BCUT2D eigenvalue weighted by Crippen LogP contribution is -2.04. The van der Waals surface area contributed by atoms with Crippen LogP contribution in [-0.4, -0.2) is 47.7 Å². The molecule has 146 valence electrons. The summed E-state index contributed by atoms with van der Waals surface area (Å²) in [6, 6.07) is 7.79. The Morgan fingerprint density at radius 3 is 2.36 bits per heavy atom. The van der Waals surface area contributed by atoms with Gasteiger partial charge in [-0.05, 0) is 19.4 Å². The zero-order valence-electron chi connectivity index (χ0n) is 15.4. The third-order valence-electron chi connectivity index (χ3n) is 3.91. The highest BCUT2D eigenvalue weighted by Gasteiger charge is 2.16. The summed E-state index contributed by atoms with van der Waals surface area (Å²) in [5.74, 6) is -2.45. The number of imidazole rings is 1. The van der Waals surface area contributed by atoms with Gasteiger partial charge in [0.2, 0.25) is 0 Å². The number of carboxylic acids is 2. The molecule has 0 fully saturated rings. The van der Waals surface area contributed by atoms with Crippen LogP contribution in [0.4, 0.5) is 0 Å². The fourth-order valence-electron chi connectivity index (χ4n) is 2.55. The quantitative estimate of drug-likeness (QED) is 0.437. The minimum Gasteiger partial charge on any atom is -0.478 e. The minimum atomic E-state index is -1.26. The van der Waals surface area contributed by atoms with Gasteiger partial charge in [-0.15, -0.1) is 0 Å². The van der Waals surface area contributed by atoms with Crippen LogP contribution in [0.15, 0.2) is 42.7 Å². The molecule has 3 rings (SSSR count). The fourth-order valence-corrected chi connectivity index (χ4v) is 2.55. The number of hydrogen-bond donors (Lipinski definition) is 3. The van der Waals surface area contributed by atoms with E-state index >= 15 is 0 Å². The third-order valence-corrected chi connectivity index (χ3v) is 3.91. The summed E-state index contributed by atoms with van der Waals surface area (Å²) < 4.78 is 1.75. The predicted molar refractivity (Wildman–Crippen MR) is 101 cm³/mol. The Balaban J connectivity index is 0.000000300. The SMILES string of the molecule is Cc1[nH]cnc1CCC(=O)c1nn(C)c2ccccc12.O=C(O)C=CC(=O)O. The van der Waals surface area contributed by atoms with Gasteiger partial charge in [0.25, 0.3) is 0 Å². The highest BCUT2D eigenvalue weighted by molar-refractivity contribution is 6.06. The molecule has 0 aliphatic carbocycles. The number of Topliss-reactive ketones (excluding diaryl/α,β-unsaturated/α-hetero) is 1. The molecule has 9 nitrogen and oxygen atoms in total. The first kappa shape index (κ1) is 20.6. The van der Waals surface area contributed by atoms with Crippen LogP contribution in [0.2, 0.25) is 0 Å². The number of rotatable bonds is 6. The maximum Gasteiger partial charge on any atom is 0.328 e. The highest BCUT2D eigenvalue weighted by Crippen LogP contribution is 2.19. The van der Waals surface area contributed by atoms with Gasteiger partial charge >= 0.3 is 11.9 Å². The molecule has 2 heterocycles. The monoisotopic (exact) mass is 384 g/mol. The number of hydrogen-bond acceptors (Lipinski definition) is 5. The van der Waals surface area contributed by atoms with E-state index in [0.717, 1.165) is 22.3 Å². The van der Waals surface area contributed by atoms with Gasteiger partial charge in [-0.25, -0.2) is 14.6 Å². The van der Waals surface area contributed by atoms with Crippen molar-refractivity contribution in [1.82, 2.24) is 19.7 Å². The number of carbonyl (C=O) groups excluding carboxylic acids is 1. The fraction of sp³-hybridized carbons (Fsp3) is 0.211. The molecule has 3 aromatic rings. The number of benzene rings is 1. The molecule has 0 saturated heterocycles. The molecule has 9 heteroatoms. The zero-order valence-corrected chi connectivity index (χ0v) is 15.4. The number of ketones is 1. The molecule has 28 heavy (non-hydrogen) atoms. The Morgan fingerprint density at radius 2 is 1.79 bits per heavy atom. The van der Waals surface area contributed by atoms with E-state index in [0.29, 0.717) is 30.7 Å². The molecule has 0 atom stereocenters. The number of nitrogens with one attached hydrogen (secondary N) is 1. The number of aliphatic carboxylic acids is 2. The molecular weight excluding hydrogens is 364 g/mol. The topological polar surface area (TPSA) is 138 Å². The molecular formula is C19H20N4O5. The summed E-state index contributed by atoms with van der Waals surface area (Å²) in [5, 5.41) is 20.9. The Kier molecular flexibility index (Phi) is 6.80. The average Bonchev–Trinajstić information content (AvgIpc) is 3.22. The van der Waals surface area contributed by atoms with E-state index in [1.54, 1.807) is 11.0 Å². The van der Waals surface area contributed by atoms with Crippen LogP contribution in [-0.2, 0) is 23.1 Å². The predicted octanol–water partition coefficient (Wildman–Crippen LogP) is 2.13. The van der Waals surface area contributed by atoms with E-state index < -0.39 is 11.9 Å². The molecule has 0 unspecified atom stereocenters. The summed E-state index contributed by atoms with van der Waals surface area (Å²) in [6.07, 6.45) is 3.84. The minimum absolute atomic E-state index is 0.0594. The van der Waals surface area contributed by atoms with Crippen LogP contribution >= 0.6 is 0 Å². The van der Waals surface area contributed by atoms with Crippen molar-refractivity contribution in [3.63, 3.8) is 0 Å². The number of para-hydroxylation sites is 1. The van der Waals surface area contributed by atoms with Gasteiger partial charge in [0.1, 0.15) is 5.69 Å². The maximum absolute atomic E-state index is 12.4. The smallest absolute Gasteiger partial charge is 0.328 e. The molecule has 0 amide bonds.